The third-order valence-electron chi connectivity index (χ3n) is 4.38. The molecule has 1 aliphatic heterocycles. The number of halogens is 1. The quantitative estimate of drug-likeness (QED) is 0.841. The Balaban J connectivity index is 1.96. The Labute approximate surface area is 139 Å². The van der Waals surface area contributed by atoms with E-state index in [2.05, 4.69) is 75.7 Å². The second kappa shape index (κ2) is 6.11. The van der Waals surface area contributed by atoms with Crippen molar-refractivity contribution in [3.63, 3.8) is 0 Å². The predicted molar refractivity (Wildman–Crippen MR) is 95.0 cm³/mol. The average Bonchev–Trinajstić information content (AvgIpc) is 2.83. The Hall–Kier alpha value is -0.840. The maximum absolute atomic E-state index is 3.74. The lowest BCUT2D eigenvalue weighted by molar-refractivity contribution is 0.349. The first kappa shape index (κ1) is 15.1. The summed E-state index contributed by atoms with van der Waals surface area (Å²) in [6.45, 7) is 7.54. The van der Waals surface area contributed by atoms with E-state index in [1.807, 2.05) is 11.3 Å². The van der Waals surface area contributed by atoms with Crippen LogP contribution in [0, 0.1) is 0 Å². The molecule has 1 aromatic heterocycles. The molecule has 1 unspecified atom stereocenters. The van der Waals surface area contributed by atoms with Crippen LogP contribution in [-0.4, -0.2) is 12.1 Å². The van der Waals surface area contributed by atoms with Gasteiger partial charge >= 0.3 is 0 Å². The molecule has 2 heterocycles. The molecule has 0 fully saturated rings. The van der Waals surface area contributed by atoms with Crippen LogP contribution < -0.4 is 10.2 Å². The van der Waals surface area contributed by atoms with Gasteiger partial charge in [0.25, 0.3) is 0 Å². The maximum atomic E-state index is 3.74. The molecule has 2 aromatic rings. The number of rotatable bonds is 3. The first-order valence-corrected chi connectivity index (χ1v) is 9.08. The van der Waals surface area contributed by atoms with Crippen LogP contribution in [0.4, 0.5) is 5.69 Å². The summed E-state index contributed by atoms with van der Waals surface area (Å²) in [5.74, 6) is 0. The standard InChI is InChI=1S/C17H21BrN2S/c1-3-17(2)12-20(11-16-14(18)8-9-21-16)15-7-5-4-6-13(15)10-19-17/h4-9,19H,3,10-12H2,1-2H3. The first-order chi connectivity index (χ1) is 10.1. The molecule has 0 saturated heterocycles. The number of nitrogens with one attached hydrogen (secondary N) is 1. The van der Waals surface area contributed by atoms with Gasteiger partial charge in [-0.25, -0.2) is 0 Å². The van der Waals surface area contributed by atoms with Crippen molar-refractivity contribution in [3.05, 3.63) is 50.6 Å². The van der Waals surface area contributed by atoms with Crippen molar-refractivity contribution >= 4 is 33.0 Å². The van der Waals surface area contributed by atoms with Crippen LogP contribution >= 0.6 is 27.3 Å². The fraction of sp³-hybridized carbons (Fsp3) is 0.412. The van der Waals surface area contributed by atoms with Crippen molar-refractivity contribution in [3.8, 4) is 0 Å². The molecule has 2 nitrogen and oxygen atoms in total. The Morgan fingerprint density at radius 3 is 2.86 bits per heavy atom. The SMILES string of the molecule is CCC1(C)CN(Cc2sccc2Br)c2ccccc2CN1. The summed E-state index contributed by atoms with van der Waals surface area (Å²) >= 11 is 5.49. The Morgan fingerprint density at radius 2 is 2.14 bits per heavy atom. The molecule has 0 amide bonds. The van der Waals surface area contributed by atoms with Crippen molar-refractivity contribution in [2.45, 2.75) is 38.9 Å². The lowest BCUT2D eigenvalue weighted by Gasteiger charge is -2.34. The van der Waals surface area contributed by atoms with Gasteiger partial charge in [0.15, 0.2) is 0 Å². The molecule has 1 aromatic carbocycles. The van der Waals surface area contributed by atoms with Crippen LogP contribution in [0.15, 0.2) is 40.2 Å². The second-order valence-electron chi connectivity index (χ2n) is 5.94. The number of anilines is 1. The third-order valence-corrected chi connectivity index (χ3v) is 6.29. The third kappa shape index (κ3) is 3.17. The fourth-order valence-corrected chi connectivity index (χ4v) is 4.32. The van der Waals surface area contributed by atoms with Gasteiger partial charge in [0.05, 0.1) is 6.54 Å². The number of para-hydroxylation sites is 1. The zero-order chi connectivity index (χ0) is 14.9. The molecule has 3 rings (SSSR count). The van der Waals surface area contributed by atoms with E-state index in [1.165, 1.54) is 20.6 Å². The highest BCUT2D eigenvalue weighted by Crippen LogP contribution is 2.32. The van der Waals surface area contributed by atoms with Crippen LogP contribution in [0.2, 0.25) is 0 Å². The van der Waals surface area contributed by atoms with E-state index in [1.54, 1.807) is 0 Å². The number of thiophene rings is 1. The fourth-order valence-electron chi connectivity index (χ4n) is 2.83. The molecule has 112 valence electrons. The maximum Gasteiger partial charge on any atom is 0.0535 e. The van der Waals surface area contributed by atoms with E-state index in [9.17, 15) is 0 Å². The zero-order valence-electron chi connectivity index (χ0n) is 12.5. The second-order valence-corrected chi connectivity index (χ2v) is 7.80. The van der Waals surface area contributed by atoms with Gasteiger partial charge in [-0.15, -0.1) is 11.3 Å². The summed E-state index contributed by atoms with van der Waals surface area (Å²) in [6.07, 6.45) is 1.13. The van der Waals surface area contributed by atoms with Crippen molar-refractivity contribution in [1.82, 2.24) is 5.32 Å². The summed E-state index contributed by atoms with van der Waals surface area (Å²) in [4.78, 5) is 3.92. The number of nitrogens with zero attached hydrogens (tertiary/aromatic N) is 1. The molecule has 1 atom stereocenters. The summed E-state index contributed by atoms with van der Waals surface area (Å²) < 4.78 is 1.22. The summed E-state index contributed by atoms with van der Waals surface area (Å²) in [5.41, 5.74) is 2.91. The van der Waals surface area contributed by atoms with E-state index in [0.29, 0.717) is 0 Å². The van der Waals surface area contributed by atoms with Crippen LogP contribution in [-0.2, 0) is 13.1 Å². The van der Waals surface area contributed by atoms with Crippen molar-refractivity contribution < 1.29 is 0 Å². The van der Waals surface area contributed by atoms with Gasteiger partial charge < -0.3 is 10.2 Å². The topological polar surface area (TPSA) is 15.3 Å². The Bertz CT molecular complexity index is 625. The van der Waals surface area contributed by atoms with Crippen LogP contribution in [0.25, 0.3) is 0 Å². The minimum Gasteiger partial charge on any atom is -0.364 e. The normalized spacial score (nSPS) is 22.0. The Morgan fingerprint density at radius 1 is 1.33 bits per heavy atom. The van der Waals surface area contributed by atoms with Crippen molar-refractivity contribution in [2.24, 2.45) is 0 Å². The molecule has 0 radical (unpaired) electrons. The van der Waals surface area contributed by atoms with Crippen LogP contribution in [0.1, 0.15) is 30.7 Å². The molecule has 0 spiro atoms. The van der Waals surface area contributed by atoms with Gasteiger partial charge in [0, 0.05) is 33.7 Å². The van der Waals surface area contributed by atoms with Gasteiger partial charge in [0.2, 0.25) is 0 Å². The largest absolute Gasteiger partial charge is 0.364 e. The minimum absolute atomic E-state index is 0.156. The average molecular weight is 365 g/mol. The van der Waals surface area contributed by atoms with Crippen molar-refractivity contribution in [2.75, 3.05) is 11.4 Å². The summed E-state index contributed by atoms with van der Waals surface area (Å²) in [5, 5.41) is 5.89. The van der Waals surface area contributed by atoms with Gasteiger partial charge in [-0.3, -0.25) is 0 Å². The van der Waals surface area contributed by atoms with E-state index in [0.717, 1.165) is 26.1 Å². The highest BCUT2D eigenvalue weighted by atomic mass is 79.9. The molecule has 4 heteroatoms. The monoisotopic (exact) mass is 364 g/mol. The lowest BCUT2D eigenvalue weighted by atomic mass is 9.98. The molecular weight excluding hydrogens is 344 g/mol. The van der Waals surface area contributed by atoms with Gasteiger partial charge in [-0.05, 0) is 52.4 Å². The van der Waals surface area contributed by atoms with Gasteiger partial charge in [0.1, 0.15) is 0 Å². The predicted octanol–water partition coefficient (Wildman–Crippen LogP) is 4.79. The molecule has 0 saturated carbocycles. The molecule has 1 aliphatic rings. The van der Waals surface area contributed by atoms with E-state index in [-0.39, 0.29) is 5.54 Å². The number of hydrogen-bond acceptors (Lipinski definition) is 3. The lowest BCUT2D eigenvalue weighted by Crippen LogP contribution is -2.48. The smallest absolute Gasteiger partial charge is 0.0535 e. The van der Waals surface area contributed by atoms with Gasteiger partial charge in [-0.2, -0.15) is 0 Å². The number of benzene rings is 1. The first-order valence-electron chi connectivity index (χ1n) is 7.41. The molecule has 0 bridgehead atoms. The molecule has 0 aliphatic carbocycles. The van der Waals surface area contributed by atoms with Crippen LogP contribution in [0.3, 0.4) is 0 Å². The zero-order valence-corrected chi connectivity index (χ0v) is 14.9. The molecule has 21 heavy (non-hydrogen) atoms. The highest BCUT2D eigenvalue weighted by Gasteiger charge is 2.29. The van der Waals surface area contributed by atoms with Crippen LogP contribution in [0.5, 0.6) is 0 Å². The van der Waals surface area contributed by atoms with Crippen molar-refractivity contribution in [1.29, 1.82) is 0 Å². The number of hydrogen-bond donors (Lipinski definition) is 1. The summed E-state index contributed by atoms with van der Waals surface area (Å²) in [6, 6.07) is 10.9. The van der Waals surface area contributed by atoms with Gasteiger partial charge in [-0.1, -0.05) is 25.1 Å². The molecule has 1 N–H and O–H groups in total. The minimum atomic E-state index is 0.156. The molecular formula is C17H21BrN2S. The highest BCUT2D eigenvalue weighted by molar-refractivity contribution is 9.10. The summed E-state index contributed by atoms with van der Waals surface area (Å²) in [7, 11) is 0. The van der Waals surface area contributed by atoms with E-state index in [4.69, 9.17) is 0 Å². The Kier molecular flexibility index (Phi) is 4.38. The van der Waals surface area contributed by atoms with E-state index >= 15 is 0 Å². The van der Waals surface area contributed by atoms with E-state index < -0.39 is 0 Å². The number of fused-ring (bicyclic) bond motifs is 1.